The van der Waals surface area contributed by atoms with Crippen molar-refractivity contribution in [3.63, 3.8) is 0 Å². The fraction of sp³-hybridized carbons (Fsp3) is 0.385. The molecule has 0 bridgehead atoms. The Balaban J connectivity index is 2.17. The monoisotopic (exact) mass is 313 g/mol. The number of thioether (sulfide) groups is 1. The Kier molecular flexibility index (Phi) is 5.42. The molecule has 0 saturated heterocycles. The molecule has 0 aliphatic rings. The zero-order valence-corrected chi connectivity index (χ0v) is 13.1. The smallest absolute Gasteiger partial charge is 0.195 e. The molecule has 0 radical (unpaired) electrons. The molecule has 0 aliphatic heterocycles. The van der Waals surface area contributed by atoms with Gasteiger partial charge in [-0.15, -0.1) is 10.2 Å². The van der Waals surface area contributed by atoms with Crippen LogP contribution in [0.25, 0.3) is 5.69 Å². The van der Waals surface area contributed by atoms with Crippen LogP contribution in [0.15, 0.2) is 29.7 Å². The van der Waals surface area contributed by atoms with Crippen molar-refractivity contribution in [2.24, 2.45) is 0 Å². The zero-order chi connectivity index (χ0) is 14.5. The zero-order valence-electron chi connectivity index (χ0n) is 11.5. The summed E-state index contributed by atoms with van der Waals surface area (Å²) in [6, 6.07) is 5.85. The third-order valence-corrected chi connectivity index (χ3v) is 4.21. The number of aryl methyl sites for hydroxylation is 1. The Morgan fingerprint density at radius 3 is 2.75 bits per heavy atom. The summed E-state index contributed by atoms with van der Waals surface area (Å²) in [4.78, 5) is 0. The maximum Gasteiger partial charge on any atom is 0.195 e. The van der Waals surface area contributed by atoms with Crippen LogP contribution in [0.3, 0.4) is 0 Å². The molecule has 7 heteroatoms. The summed E-state index contributed by atoms with van der Waals surface area (Å²) in [6.07, 6.45) is 1.39. The molecule has 108 valence electrons. The molecular weight excluding hydrogens is 298 g/mol. The summed E-state index contributed by atoms with van der Waals surface area (Å²) in [5.41, 5.74) is 1.97. The van der Waals surface area contributed by atoms with E-state index in [1.165, 1.54) is 11.8 Å². The van der Waals surface area contributed by atoms with Crippen molar-refractivity contribution in [3.05, 3.63) is 35.1 Å². The van der Waals surface area contributed by atoms with Crippen LogP contribution in [0.2, 0.25) is 5.02 Å². The summed E-state index contributed by atoms with van der Waals surface area (Å²) >= 11 is 7.67. The first kappa shape index (κ1) is 15.3. The summed E-state index contributed by atoms with van der Waals surface area (Å²) in [7, 11) is 3.22. The number of rotatable bonds is 6. The molecule has 0 N–H and O–H groups in total. The van der Waals surface area contributed by atoms with Gasteiger partial charge in [0.1, 0.15) is 6.33 Å². The van der Waals surface area contributed by atoms with Gasteiger partial charge in [0, 0.05) is 19.2 Å². The summed E-state index contributed by atoms with van der Waals surface area (Å²) in [5.74, 6) is 0.630. The van der Waals surface area contributed by atoms with Crippen molar-refractivity contribution in [2.45, 2.75) is 18.4 Å². The van der Waals surface area contributed by atoms with Crippen molar-refractivity contribution >= 4 is 23.4 Å². The van der Waals surface area contributed by atoms with Crippen LogP contribution < -0.4 is 0 Å². The molecule has 0 aliphatic carbocycles. The molecule has 0 unspecified atom stereocenters. The van der Waals surface area contributed by atoms with Crippen LogP contribution in [0.5, 0.6) is 0 Å². The van der Waals surface area contributed by atoms with Gasteiger partial charge < -0.3 is 9.47 Å². The summed E-state index contributed by atoms with van der Waals surface area (Å²) < 4.78 is 12.2. The number of methoxy groups -OCH3 is 2. The van der Waals surface area contributed by atoms with E-state index in [2.05, 4.69) is 10.2 Å². The first-order valence-electron chi connectivity index (χ1n) is 6.00. The van der Waals surface area contributed by atoms with Crippen LogP contribution in [-0.4, -0.2) is 41.0 Å². The fourth-order valence-electron chi connectivity index (χ4n) is 1.61. The van der Waals surface area contributed by atoms with E-state index >= 15 is 0 Å². The molecular formula is C13H16ClN3O2S. The molecule has 1 heterocycles. The highest BCUT2D eigenvalue weighted by molar-refractivity contribution is 7.99. The second kappa shape index (κ2) is 7.08. The lowest BCUT2D eigenvalue weighted by molar-refractivity contribution is -0.0842. The number of hydrogen-bond acceptors (Lipinski definition) is 5. The first-order chi connectivity index (χ1) is 9.65. The normalized spacial score (nSPS) is 11.2. The van der Waals surface area contributed by atoms with Crippen molar-refractivity contribution in [2.75, 3.05) is 20.0 Å². The summed E-state index contributed by atoms with van der Waals surface area (Å²) in [5, 5.41) is 9.54. The molecule has 0 amide bonds. The molecule has 0 atom stereocenters. The second-order valence-electron chi connectivity index (χ2n) is 4.13. The second-order valence-corrected chi connectivity index (χ2v) is 5.52. The third kappa shape index (κ3) is 3.52. The standard InChI is InChI=1S/C13H16ClN3O2S/c1-9-4-5-10(6-11(9)14)17-8-15-16-13(17)20-7-12(18-2)19-3/h4-6,8,12H,7H2,1-3H3. The molecule has 0 fully saturated rings. The molecule has 20 heavy (non-hydrogen) atoms. The molecule has 1 aromatic heterocycles. The lowest BCUT2D eigenvalue weighted by atomic mass is 10.2. The van der Waals surface area contributed by atoms with E-state index in [1.807, 2.05) is 29.7 Å². The fourth-order valence-corrected chi connectivity index (χ4v) is 2.74. The maximum absolute atomic E-state index is 6.15. The minimum atomic E-state index is -0.272. The minimum absolute atomic E-state index is 0.272. The molecule has 2 aromatic rings. The third-order valence-electron chi connectivity index (χ3n) is 2.82. The molecule has 0 saturated carbocycles. The van der Waals surface area contributed by atoms with E-state index in [1.54, 1.807) is 20.5 Å². The van der Waals surface area contributed by atoms with Crippen molar-refractivity contribution in [3.8, 4) is 5.69 Å². The van der Waals surface area contributed by atoms with Gasteiger partial charge in [-0.05, 0) is 24.6 Å². The highest BCUT2D eigenvalue weighted by Crippen LogP contribution is 2.24. The van der Waals surface area contributed by atoms with E-state index in [4.69, 9.17) is 21.1 Å². The van der Waals surface area contributed by atoms with Crippen LogP contribution in [0, 0.1) is 6.92 Å². The van der Waals surface area contributed by atoms with Gasteiger partial charge in [0.2, 0.25) is 0 Å². The quantitative estimate of drug-likeness (QED) is 0.606. The number of ether oxygens (including phenoxy) is 2. The lowest BCUT2D eigenvalue weighted by Gasteiger charge is -2.13. The van der Waals surface area contributed by atoms with Gasteiger partial charge in [-0.1, -0.05) is 29.4 Å². The maximum atomic E-state index is 6.15. The minimum Gasteiger partial charge on any atom is -0.355 e. The Hall–Kier alpha value is -1.08. The van der Waals surface area contributed by atoms with Crippen LogP contribution >= 0.6 is 23.4 Å². The van der Waals surface area contributed by atoms with Gasteiger partial charge in [-0.2, -0.15) is 0 Å². The average Bonchev–Trinajstić information content (AvgIpc) is 2.91. The van der Waals surface area contributed by atoms with E-state index in [9.17, 15) is 0 Å². The molecule has 1 aromatic carbocycles. The van der Waals surface area contributed by atoms with Crippen molar-refractivity contribution < 1.29 is 9.47 Å². The number of benzene rings is 1. The van der Waals surface area contributed by atoms with Gasteiger partial charge >= 0.3 is 0 Å². The van der Waals surface area contributed by atoms with Gasteiger partial charge in [0.15, 0.2) is 11.4 Å². The Morgan fingerprint density at radius 1 is 1.35 bits per heavy atom. The lowest BCUT2D eigenvalue weighted by Crippen LogP contribution is -2.16. The van der Waals surface area contributed by atoms with Crippen LogP contribution in [0.1, 0.15) is 5.56 Å². The van der Waals surface area contributed by atoms with E-state index in [-0.39, 0.29) is 6.29 Å². The van der Waals surface area contributed by atoms with Crippen molar-refractivity contribution in [1.82, 2.24) is 14.8 Å². The Morgan fingerprint density at radius 2 is 2.10 bits per heavy atom. The highest BCUT2D eigenvalue weighted by atomic mass is 35.5. The number of halogens is 1. The Labute approximate surface area is 127 Å². The number of nitrogens with zero attached hydrogens (tertiary/aromatic N) is 3. The average molecular weight is 314 g/mol. The van der Waals surface area contributed by atoms with Gasteiger partial charge in [0.25, 0.3) is 0 Å². The topological polar surface area (TPSA) is 49.2 Å². The van der Waals surface area contributed by atoms with E-state index in [0.717, 1.165) is 21.4 Å². The van der Waals surface area contributed by atoms with E-state index < -0.39 is 0 Å². The SMILES string of the molecule is COC(CSc1nncn1-c1ccc(C)c(Cl)c1)OC. The van der Waals surface area contributed by atoms with Crippen LogP contribution in [0.4, 0.5) is 0 Å². The van der Waals surface area contributed by atoms with E-state index in [0.29, 0.717) is 5.75 Å². The van der Waals surface area contributed by atoms with Crippen molar-refractivity contribution in [1.29, 1.82) is 0 Å². The number of aromatic nitrogens is 3. The largest absolute Gasteiger partial charge is 0.355 e. The molecule has 5 nitrogen and oxygen atoms in total. The van der Waals surface area contributed by atoms with Gasteiger partial charge in [0.05, 0.1) is 11.4 Å². The Bertz CT molecular complexity index is 572. The number of hydrogen-bond donors (Lipinski definition) is 0. The highest BCUT2D eigenvalue weighted by Gasteiger charge is 2.12. The van der Waals surface area contributed by atoms with Gasteiger partial charge in [-0.25, -0.2) is 0 Å². The molecule has 2 rings (SSSR count). The van der Waals surface area contributed by atoms with Gasteiger partial charge in [-0.3, -0.25) is 4.57 Å². The molecule has 0 spiro atoms. The summed E-state index contributed by atoms with van der Waals surface area (Å²) in [6.45, 7) is 1.97. The van der Waals surface area contributed by atoms with Crippen LogP contribution in [-0.2, 0) is 9.47 Å². The predicted molar refractivity (Wildman–Crippen MR) is 79.6 cm³/mol. The predicted octanol–water partition coefficient (Wildman–Crippen LogP) is 2.94. The first-order valence-corrected chi connectivity index (χ1v) is 7.37.